The maximum atomic E-state index is 11.3. The average Bonchev–Trinajstić information content (AvgIpc) is 2.85. The lowest BCUT2D eigenvalue weighted by Crippen LogP contribution is -2.06. The van der Waals surface area contributed by atoms with E-state index in [-0.39, 0.29) is 17.9 Å². The molecule has 1 rings (SSSR count). The van der Waals surface area contributed by atoms with Crippen LogP contribution in [0.1, 0.15) is 110 Å². The van der Waals surface area contributed by atoms with E-state index < -0.39 is 0 Å². The number of hydrogen-bond donors (Lipinski definition) is 0. The van der Waals surface area contributed by atoms with E-state index in [1.807, 2.05) is 0 Å². The lowest BCUT2D eigenvalue weighted by atomic mass is 9.98. The van der Waals surface area contributed by atoms with Crippen molar-refractivity contribution < 1.29 is 14.3 Å². The molecule has 0 aromatic heterocycles. The lowest BCUT2D eigenvalue weighted by molar-refractivity contribution is -0.153. The molecule has 1 aliphatic rings. The van der Waals surface area contributed by atoms with E-state index in [0.29, 0.717) is 6.42 Å². The number of cyclic esters (lactones) is 2. The van der Waals surface area contributed by atoms with Gasteiger partial charge >= 0.3 is 11.9 Å². The second-order valence-corrected chi connectivity index (χ2v) is 7.08. The monoisotopic (exact) mass is 324 g/mol. The van der Waals surface area contributed by atoms with Crippen molar-refractivity contribution in [2.24, 2.45) is 5.92 Å². The Hall–Kier alpha value is -0.860. The van der Waals surface area contributed by atoms with E-state index in [1.54, 1.807) is 0 Å². The van der Waals surface area contributed by atoms with Gasteiger partial charge in [-0.3, -0.25) is 9.59 Å². The summed E-state index contributed by atoms with van der Waals surface area (Å²) in [6.45, 7) is 2.27. The maximum absolute atomic E-state index is 11.3. The van der Waals surface area contributed by atoms with Gasteiger partial charge in [-0.1, -0.05) is 96.8 Å². The van der Waals surface area contributed by atoms with Gasteiger partial charge in [0.25, 0.3) is 0 Å². The van der Waals surface area contributed by atoms with Crippen molar-refractivity contribution in [3.05, 3.63) is 0 Å². The number of carbonyl (C=O) groups is 2. The molecular formula is C20H36O3. The zero-order chi connectivity index (χ0) is 16.8. The van der Waals surface area contributed by atoms with E-state index in [1.165, 1.54) is 83.5 Å². The lowest BCUT2D eigenvalue weighted by Gasteiger charge is -2.05. The highest BCUT2D eigenvalue weighted by molar-refractivity contribution is 5.94. The van der Waals surface area contributed by atoms with Gasteiger partial charge in [0.05, 0.1) is 12.3 Å². The summed E-state index contributed by atoms with van der Waals surface area (Å²) in [7, 11) is 0. The van der Waals surface area contributed by atoms with Crippen LogP contribution in [0.25, 0.3) is 0 Å². The van der Waals surface area contributed by atoms with E-state index in [4.69, 9.17) is 0 Å². The Morgan fingerprint density at radius 1 is 0.739 bits per heavy atom. The highest BCUT2D eigenvalue weighted by Gasteiger charge is 2.32. The molecule has 0 spiro atoms. The fourth-order valence-electron chi connectivity index (χ4n) is 3.33. The second kappa shape index (κ2) is 13.6. The third kappa shape index (κ3) is 10.5. The number of carbonyl (C=O) groups excluding carboxylic acids is 2. The van der Waals surface area contributed by atoms with Crippen molar-refractivity contribution in [3.63, 3.8) is 0 Å². The molecule has 1 aliphatic heterocycles. The molecule has 0 saturated carbocycles. The zero-order valence-corrected chi connectivity index (χ0v) is 15.1. The standard InChI is InChI=1S/C20H36O3/c1-2-3-4-5-6-7-8-9-10-11-12-13-14-15-16-18-17-19(21)23-20(18)22/h18H,2-17H2,1H3/t18-/m0/s1. The van der Waals surface area contributed by atoms with Crippen LogP contribution in [0.5, 0.6) is 0 Å². The molecule has 134 valence electrons. The molecule has 1 fully saturated rings. The average molecular weight is 325 g/mol. The van der Waals surface area contributed by atoms with Crippen molar-refractivity contribution in [2.45, 2.75) is 110 Å². The summed E-state index contributed by atoms with van der Waals surface area (Å²) < 4.78 is 4.57. The van der Waals surface area contributed by atoms with Crippen LogP contribution in [0.4, 0.5) is 0 Å². The van der Waals surface area contributed by atoms with Crippen molar-refractivity contribution in [2.75, 3.05) is 0 Å². The Kier molecular flexibility index (Phi) is 11.9. The molecule has 0 amide bonds. The van der Waals surface area contributed by atoms with Crippen LogP contribution in [-0.4, -0.2) is 11.9 Å². The summed E-state index contributed by atoms with van der Waals surface area (Å²) >= 11 is 0. The first-order chi connectivity index (χ1) is 11.2. The zero-order valence-electron chi connectivity index (χ0n) is 15.1. The molecule has 1 saturated heterocycles. The Morgan fingerprint density at radius 2 is 1.17 bits per heavy atom. The van der Waals surface area contributed by atoms with Gasteiger partial charge in [0.2, 0.25) is 0 Å². The molecule has 1 heterocycles. The molecule has 0 N–H and O–H groups in total. The normalized spacial score (nSPS) is 17.7. The van der Waals surface area contributed by atoms with Gasteiger partial charge < -0.3 is 4.74 Å². The summed E-state index contributed by atoms with van der Waals surface area (Å²) in [5.74, 6) is -0.796. The number of rotatable bonds is 15. The van der Waals surface area contributed by atoms with Crippen molar-refractivity contribution in [1.29, 1.82) is 0 Å². The van der Waals surface area contributed by atoms with Gasteiger partial charge in [0.1, 0.15) is 0 Å². The van der Waals surface area contributed by atoms with Gasteiger partial charge in [0.15, 0.2) is 0 Å². The Bertz CT molecular complexity index is 325. The smallest absolute Gasteiger partial charge is 0.317 e. The highest BCUT2D eigenvalue weighted by atomic mass is 16.6. The van der Waals surface area contributed by atoms with Crippen molar-refractivity contribution in [3.8, 4) is 0 Å². The molecular weight excluding hydrogens is 288 g/mol. The van der Waals surface area contributed by atoms with Gasteiger partial charge in [-0.15, -0.1) is 0 Å². The van der Waals surface area contributed by atoms with E-state index in [2.05, 4.69) is 11.7 Å². The van der Waals surface area contributed by atoms with E-state index in [0.717, 1.165) is 12.8 Å². The molecule has 0 radical (unpaired) electrons. The summed E-state index contributed by atoms with van der Waals surface area (Å²) in [4.78, 5) is 22.3. The summed E-state index contributed by atoms with van der Waals surface area (Å²) in [6, 6.07) is 0. The fraction of sp³-hybridized carbons (Fsp3) is 0.900. The molecule has 3 heteroatoms. The number of unbranched alkanes of at least 4 members (excludes halogenated alkanes) is 13. The van der Waals surface area contributed by atoms with Gasteiger partial charge in [0, 0.05) is 0 Å². The van der Waals surface area contributed by atoms with Crippen LogP contribution in [0, 0.1) is 5.92 Å². The predicted molar refractivity (Wildman–Crippen MR) is 94.1 cm³/mol. The van der Waals surface area contributed by atoms with Crippen LogP contribution in [-0.2, 0) is 14.3 Å². The largest absolute Gasteiger partial charge is 0.393 e. The molecule has 0 aliphatic carbocycles. The van der Waals surface area contributed by atoms with E-state index in [9.17, 15) is 9.59 Å². The predicted octanol–water partition coefficient (Wildman–Crippen LogP) is 5.95. The summed E-state index contributed by atoms with van der Waals surface area (Å²) in [5, 5.41) is 0. The number of ether oxygens (including phenoxy) is 1. The van der Waals surface area contributed by atoms with Gasteiger partial charge in [-0.25, -0.2) is 0 Å². The summed E-state index contributed by atoms with van der Waals surface area (Å²) in [6.07, 6.45) is 19.9. The fourth-order valence-corrected chi connectivity index (χ4v) is 3.33. The number of hydrogen-bond acceptors (Lipinski definition) is 3. The minimum absolute atomic E-state index is 0.153. The number of esters is 2. The second-order valence-electron chi connectivity index (χ2n) is 7.08. The Balaban J connectivity index is 1.75. The third-order valence-electron chi connectivity index (χ3n) is 4.87. The minimum Gasteiger partial charge on any atom is -0.393 e. The van der Waals surface area contributed by atoms with Crippen molar-refractivity contribution >= 4 is 11.9 Å². The SMILES string of the molecule is CCCCCCCCCCCCCCCC[C@H]1CC(=O)OC1=O. The Labute approximate surface area is 142 Å². The highest BCUT2D eigenvalue weighted by Crippen LogP contribution is 2.22. The maximum Gasteiger partial charge on any atom is 0.317 e. The van der Waals surface area contributed by atoms with Crippen LogP contribution in [0.15, 0.2) is 0 Å². The molecule has 1 atom stereocenters. The molecule has 0 aromatic carbocycles. The third-order valence-corrected chi connectivity index (χ3v) is 4.87. The molecule has 23 heavy (non-hydrogen) atoms. The van der Waals surface area contributed by atoms with Crippen LogP contribution in [0.3, 0.4) is 0 Å². The molecule has 0 aromatic rings. The molecule has 0 bridgehead atoms. The quantitative estimate of drug-likeness (QED) is 0.212. The van der Waals surface area contributed by atoms with E-state index >= 15 is 0 Å². The topological polar surface area (TPSA) is 43.4 Å². The van der Waals surface area contributed by atoms with Crippen molar-refractivity contribution in [1.82, 2.24) is 0 Å². The van der Waals surface area contributed by atoms with Crippen LogP contribution in [0.2, 0.25) is 0 Å². The van der Waals surface area contributed by atoms with Crippen LogP contribution >= 0.6 is 0 Å². The van der Waals surface area contributed by atoms with Crippen LogP contribution < -0.4 is 0 Å². The first-order valence-corrected chi connectivity index (χ1v) is 9.98. The van der Waals surface area contributed by atoms with Gasteiger partial charge in [-0.05, 0) is 6.42 Å². The summed E-state index contributed by atoms with van der Waals surface area (Å²) in [5.41, 5.74) is 0. The minimum atomic E-state index is -0.342. The van der Waals surface area contributed by atoms with Gasteiger partial charge in [-0.2, -0.15) is 0 Å². The molecule has 0 unspecified atom stereocenters. The first-order valence-electron chi connectivity index (χ1n) is 9.98. The Morgan fingerprint density at radius 3 is 1.57 bits per heavy atom. The first kappa shape index (κ1) is 20.2. The molecule has 3 nitrogen and oxygen atoms in total.